The third-order valence-electron chi connectivity index (χ3n) is 5.05. The van der Waals surface area contributed by atoms with Gasteiger partial charge in [0.2, 0.25) is 0 Å². The van der Waals surface area contributed by atoms with E-state index in [0.717, 1.165) is 17.4 Å². The number of nitrogens with one attached hydrogen (secondary N) is 1. The Morgan fingerprint density at radius 2 is 1.74 bits per heavy atom. The lowest BCUT2D eigenvalue weighted by Crippen LogP contribution is -2.56. The molecule has 2 N–H and O–H groups in total. The van der Waals surface area contributed by atoms with Crippen molar-refractivity contribution >= 4 is 12.3 Å². The van der Waals surface area contributed by atoms with Crippen LogP contribution in [0.3, 0.4) is 0 Å². The second-order valence-electron chi connectivity index (χ2n) is 6.71. The summed E-state index contributed by atoms with van der Waals surface area (Å²) >= 11 is 0. The highest BCUT2D eigenvalue weighted by atomic mass is 16.5. The van der Waals surface area contributed by atoms with Crippen LogP contribution in [-0.2, 0) is 27.3 Å². The molecule has 3 rings (SSSR count). The summed E-state index contributed by atoms with van der Waals surface area (Å²) in [6.45, 7) is 0.141. The molecule has 1 fully saturated rings. The van der Waals surface area contributed by atoms with Crippen molar-refractivity contribution in [3.8, 4) is 0 Å². The molecule has 0 aliphatic carbocycles. The molecule has 0 aromatic heterocycles. The van der Waals surface area contributed by atoms with Gasteiger partial charge >= 0.3 is 5.97 Å². The molecule has 1 aliphatic rings. The molecule has 0 amide bonds. The standard InChI is InChI=1S/C21H24N2O4/c1-27-20(26)19-18(14-24)23(13-17-10-6-3-7-11-17)21(15-25,22-19)12-16-8-4-2-5-9-16/h2-11,15,18-19,22,24H,12-14H2,1H3. The average Bonchev–Trinajstić information content (AvgIpc) is 3.02. The summed E-state index contributed by atoms with van der Waals surface area (Å²) in [7, 11) is 1.30. The second-order valence-corrected chi connectivity index (χ2v) is 6.71. The van der Waals surface area contributed by atoms with Crippen LogP contribution in [0.25, 0.3) is 0 Å². The molecule has 2 aromatic rings. The molecule has 6 nitrogen and oxygen atoms in total. The maximum Gasteiger partial charge on any atom is 0.324 e. The van der Waals surface area contributed by atoms with Crippen molar-refractivity contribution in [3.63, 3.8) is 0 Å². The molecule has 2 aromatic carbocycles. The lowest BCUT2D eigenvalue weighted by Gasteiger charge is -2.36. The smallest absolute Gasteiger partial charge is 0.324 e. The molecule has 0 bridgehead atoms. The zero-order chi connectivity index (χ0) is 19.3. The number of aliphatic hydroxyl groups is 1. The molecule has 3 atom stereocenters. The van der Waals surface area contributed by atoms with Gasteiger partial charge in [0, 0.05) is 13.0 Å². The predicted octanol–water partition coefficient (Wildman–Crippen LogP) is 1.13. The SMILES string of the molecule is COC(=O)C1NC(C=O)(Cc2ccccc2)N(Cc2ccccc2)C1CO. The summed E-state index contributed by atoms with van der Waals surface area (Å²) in [5.41, 5.74) is 0.823. The minimum atomic E-state index is -1.12. The first kappa shape index (κ1) is 19.2. The molecule has 0 radical (unpaired) electrons. The van der Waals surface area contributed by atoms with Crippen LogP contribution in [0.15, 0.2) is 60.7 Å². The van der Waals surface area contributed by atoms with Crippen LogP contribution < -0.4 is 5.32 Å². The number of carbonyl (C=O) groups is 2. The summed E-state index contributed by atoms with van der Waals surface area (Å²) in [4.78, 5) is 26.5. The van der Waals surface area contributed by atoms with Gasteiger partial charge < -0.3 is 9.84 Å². The van der Waals surface area contributed by atoms with Gasteiger partial charge in [0.25, 0.3) is 0 Å². The zero-order valence-electron chi connectivity index (χ0n) is 15.2. The van der Waals surface area contributed by atoms with Gasteiger partial charge in [0.15, 0.2) is 6.29 Å². The van der Waals surface area contributed by atoms with E-state index in [1.807, 2.05) is 65.6 Å². The van der Waals surface area contributed by atoms with Crippen LogP contribution in [-0.4, -0.2) is 53.7 Å². The molecule has 3 unspecified atom stereocenters. The first-order chi connectivity index (χ1) is 13.1. The van der Waals surface area contributed by atoms with E-state index in [9.17, 15) is 14.7 Å². The molecule has 1 aliphatic heterocycles. The Hall–Kier alpha value is -2.54. The van der Waals surface area contributed by atoms with Gasteiger partial charge in [-0.1, -0.05) is 60.7 Å². The minimum Gasteiger partial charge on any atom is -0.468 e. The third-order valence-corrected chi connectivity index (χ3v) is 5.05. The second kappa shape index (κ2) is 8.43. The number of esters is 1. The van der Waals surface area contributed by atoms with E-state index in [0.29, 0.717) is 13.0 Å². The van der Waals surface area contributed by atoms with Gasteiger partial charge in [0.05, 0.1) is 19.8 Å². The van der Waals surface area contributed by atoms with Crippen molar-refractivity contribution in [1.29, 1.82) is 0 Å². The monoisotopic (exact) mass is 368 g/mol. The van der Waals surface area contributed by atoms with Gasteiger partial charge in [-0.15, -0.1) is 0 Å². The quantitative estimate of drug-likeness (QED) is 0.564. The number of methoxy groups -OCH3 is 1. The normalized spacial score (nSPS) is 25.3. The van der Waals surface area contributed by atoms with E-state index in [-0.39, 0.29) is 6.61 Å². The highest BCUT2D eigenvalue weighted by molar-refractivity contribution is 5.80. The number of ether oxygens (including phenoxy) is 1. The molecule has 6 heteroatoms. The summed E-state index contributed by atoms with van der Waals surface area (Å²) < 4.78 is 4.90. The number of carbonyl (C=O) groups excluding carboxylic acids is 2. The van der Waals surface area contributed by atoms with E-state index in [2.05, 4.69) is 5.32 Å². The summed E-state index contributed by atoms with van der Waals surface area (Å²) in [6, 6.07) is 17.9. The average molecular weight is 368 g/mol. The van der Waals surface area contributed by atoms with Crippen molar-refractivity contribution < 1.29 is 19.4 Å². The zero-order valence-corrected chi connectivity index (χ0v) is 15.2. The van der Waals surface area contributed by atoms with Crippen molar-refractivity contribution in [1.82, 2.24) is 10.2 Å². The highest BCUT2D eigenvalue weighted by Crippen LogP contribution is 2.31. The Bertz CT molecular complexity index is 768. The fourth-order valence-electron chi connectivity index (χ4n) is 3.71. The van der Waals surface area contributed by atoms with Gasteiger partial charge in [-0.3, -0.25) is 19.8 Å². The van der Waals surface area contributed by atoms with E-state index in [4.69, 9.17) is 4.74 Å². The maximum absolute atomic E-state index is 12.3. The van der Waals surface area contributed by atoms with E-state index < -0.39 is 23.7 Å². The van der Waals surface area contributed by atoms with Crippen LogP contribution in [0.4, 0.5) is 0 Å². The third kappa shape index (κ3) is 3.93. The summed E-state index contributed by atoms with van der Waals surface area (Å²) in [5, 5.41) is 13.2. The lowest BCUT2D eigenvalue weighted by atomic mass is 9.99. The summed E-state index contributed by atoms with van der Waals surface area (Å²) in [6.07, 6.45) is 1.20. The van der Waals surface area contributed by atoms with Gasteiger partial charge in [-0.25, -0.2) is 0 Å². The Labute approximate surface area is 158 Å². The van der Waals surface area contributed by atoms with Crippen molar-refractivity contribution in [3.05, 3.63) is 71.8 Å². The fourth-order valence-corrected chi connectivity index (χ4v) is 3.71. The van der Waals surface area contributed by atoms with E-state index >= 15 is 0 Å². The first-order valence-electron chi connectivity index (χ1n) is 8.91. The topological polar surface area (TPSA) is 78.9 Å². The molecule has 1 saturated heterocycles. The molecule has 0 saturated carbocycles. The number of hydrogen-bond donors (Lipinski definition) is 2. The lowest BCUT2D eigenvalue weighted by molar-refractivity contribution is -0.143. The van der Waals surface area contributed by atoms with Gasteiger partial charge in [-0.05, 0) is 11.1 Å². The van der Waals surface area contributed by atoms with Gasteiger partial charge in [-0.2, -0.15) is 0 Å². The fraction of sp³-hybridized carbons (Fsp3) is 0.333. The molecule has 142 valence electrons. The number of rotatable bonds is 7. The number of aldehydes is 1. The molecule has 27 heavy (non-hydrogen) atoms. The van der Waals surface area contributed by atoms with Crippen LogP contribution in [0, 0.1) is 0 Å². The number of benzene rings is 2. The molecular weight excluding hydrogens is 344 g/mol. The largest absolute Gasteiger partial charge is 0.468 e. The number of aliphatic hydroxyl groups excluding tert-OH is 1. The Morgan fingerprint density at radius 3 is 2.26 bits per heavy atom. The highest BCUT2D eigenvalue weighted by Gasteiger charge is 2.53. The van der Waals surface area contributed by atoms with Gasteiger partial charge in [0.1, 0.15) is 11.7 Å². The van der Waals surface area contributed by atoms with Crippen LogP contribution in [0.2, 0.25) is 0 Å². The molecular formula is C21H24N2O4. The first-order valence-corrected chi connectivity index (χ1v) is 8.91. The van der Waals surface area contributed by atoms with E-state index in [1.165, 1.54) is 7.11 Å². The van der Waals surface area contributed by atoms with E-state index in [1.54, 1.807) is 0 Å². The van der Waals surface area contributed by atoms with Crippen molar-refractivity contribution in [2.24, 2.45) is 0 Å². The Kier molecular flexibility index (Phi) is 6.01. The van der Waals surface area contributed by atoms with Crippen molar-refractivity contribution in [2.75, 3.05) is 13.7 Å². The van der Waals surface area contributed by atoms with Crippen LogP contribution in [0.1, 0.15) is 11.1 Å². The number of nitrogens with zero attached hydrogens (tertiary/aromatic N) is 1. The number of hydrogen-bond acceptors (Lipinski definition) is 6. The van der Waals surface area contributed by atoms with Crippen LogP contribution >= 0.6 is 0 Å². The van der Waals surface area contributed by atoms with Crippen molar-refractivity contribution in [2.45, 2.75) is 30.7 Å². The maximum atomic E-state index is 12.3. The van der Waals surface area contributed by atoms with Crippen LogP contribution in [0.5, 0.6) is 0 Å². The Balaban J connectivity index is 2.00. The minimum absolute atomic E-state index is 0.274. The molecule has 1 heterocycles. The summed E-state index contributed by atoms with van der Waals surface area (Å²) in [5.74, 6) is -0.496. The molecule has 0 spiro atoms. The Morgan fingerprint density at radius 1 is 1.15 bits per heavy atom. The predicted molar refractivity (Wildman–Crippen MR) is 101 cm³/mol.